The molecule has 1 aromatic carbocycles. The van der Waals surface area contributed by atoms with E-state index in [1.165, 1.54) is 12.8 Å². The molecule has 3 nitrogen and oxygen atoms in total. The van der Waals surface area contributed by atoms with Crippen molar-refractivity contribution < 1.29 is 4.79 Å². The molecule has 1 aliphatic rings. The van der Waals surface area contributed by atoms with Crippen molar-refractivity contribution in [1.29, 1.82) is 0 Å². The largest absolute Gasteiger partial charge is 0.325 e. The van der Waals surface area contributed by atoms with Gasteiger partial charge in [-0.2, -0.15) is 0 Å². The molecule has 23 heavy (non-hydrogen) atoms. The number of rotatable bonds is 6. The maximum absolute atomic E-state index is 12.4. The molecule has 1 aliphatic heterocycles. The zero-order chi connectivity index (χ0) is 15.9. The number of carbonyl (C=O) groups is 1. The Kier molecular flexibility index (Phi) is 9.03. The Morgan fingerprint density at radius 1 is 1.26 bits per heavy atom. The Morgan fingerprint density at radius 2 is 1.91 bits per heavy atom. The van der Waals surface area contributed by atoms with Crippen LogP contribution in [0.15, 0.2) is 29.2 Å². The summed E-state index contributed by atoms with van der Waals surface area (Å²) in [4.78, 5) is 13.5. The summed E-state index contributed by atoms with van der Waals surface area (Å²) in [5, 5.41) is 7.00. The molecule has 0 aliphatic carbocycles. The van der Waals surface area contributed by atoms with E-state index in [1.807, 2.05) is 18.2 Å². The van der Waals surface area contributed by atoms with Crippen LogP contribution >= 0.6 is 24.2 Å². The number of carbonyl (C=O) groups excluding carboxylic acids is 1. The lowest BCUT2D eigenvalue weighted by molar-refractivity contribution is -0.117. The second-order valence-corrected chi connectivity index (χ2v) is 8.10. The smallest absolute Gasteiger partial charge is 0.224 e. The van der Waals surface area contributed by atoms with Crippen molar-refractivity contribution in [2.24, 2.45) is 11.8 Å². The highest BCUT2D eigenvalue weighted by Crippen LogP contribution is 2.31. The van der Waals surface area contributed by atoms with E-state index in [1.54, 1.807) is 11.8 Å². The van der Waals surface area contributed by atoms with Gasteiger partial charge in [0.2, 0.25) is 5.91 Å². The SMILES string of the molecule is CC(C)Sc1ccccc1NC(=O)CC(C)C1CCNCC1.Cl. The number of piperidine rings is 1. The number of halogens is 1. The van der Waals surface area contributed by atoms with Crippen LogP contribution in [0.4, 0.5) is 5.69 Å². The van der Waals surface area contributed by atoms with Gasteiger partial charge in [-0.05, 0) is 49.9 Å². The van der Waals surface area contributed by atoms with Crippen LogP contribution in [0.25, 0.3) is 0 Å². The third-order valence-electron chi connectivity index (χ3n) is 4.22. The zero-order valence-corrected chi connectivity index (χ0v) is 15.9. The first-order chi connectivity index (χ1) is 10.6. The molecule has 0 aromatic heterocycles. The third-order valence-corrected chi connectivity index (χ3v) is 5.30. The number of thioether (sulfide) groups is 1. The predicted molar refractivity (Wildman–Crippen MR) is 103 cm³/mol. The number of hydrogen-bond donors (Lipinski definition) is 2. The number of anilines is 1. The molecule has 1 fully saturated rings. The van der Waals surface area contributed by atoms with Crippen molar-refractivity contribution in [2.45, 2.75) is 50.2 Å². The van der Waals surface area contributed by atoms with Crippen LogP contribution in [0, 0.1) is 11.8 Å². The van der Waals surface area contributed by atoms with Crippen LogP contribution in [0.2, 0.25) is 0 Å². The minimum Gasteiger partial charge on any atom is -0.325 e. The average molecular weight is 357 g/mol. The Balaban J connectivity index is 0.00000264. The van der Waals surface area contributed by atoms with E-state index in [-0.39, 0.29) is 18.3 Å². The number of para-hydroxylation sites is 1. The van der Waals surface area contributed by atoms with E-state index in [0.717, 1.165) is 23.7 Å². The maximum atomic E-state index is 12.4. The molecule has 1 saturated heterocycles. The van der Waals surface area contributed by atoms with E-state index in [0.29, 0.717) is 23.5 Å². The number of benzene rings is 1. The average Bonchev–Trinajstić information content (AvgIpc) is 2.49. The summed E-state index contributed by atoms with van der Waals surface area (Å²) in [5.74, 6) is 1.27. The molecule has 1 unspecified atom stereocenters. The van der Waals surface area contributed by atoms with Gasteiger partial charge in [0.1, 0.15) is 0 Å². The van der Waals surface area contributed by atoms with E-state index in [9.17, 15) is 4.79 Å². The Labute approximate surface area is 150 Å². The molecular weight excluding hydrogens is 328 g/mol. The summed E-state index contributed by atoms with van der Waals surface area (Å²) in [5.41, 5.74) is 0.948. The maximum Gasteiger partial charge on any atom is 0.224 e. The van der Waals surface area contributed by atoms with Crippen LogP contribution in [-0.4, -0.2) is 24.2 Å². The fourth-order valence-electron chi connectivity index (χ4n) is 3.00. The molecule has 1 atom stereocenters. The molecular formula is C18H29ClN2OS. The van der Waals surface area contributed by atoms with Crippen LogP contribution in [0.1, 0.15) is 40.0 Å². The molecule has 2 N–H and O–H groups in total. The molecule has 1 heterocycles. The van der Waals surface area contributed by atoms with Crippen LogP contribution in [-0.2, 0) is 4.79 Å². The van der Waals surface area contributed by atoms with Gasteiger partial charge < -0.3 is 10.6 Å². The number of hydrogen-bond acceptors (Lipinski definition) is 3. The monoisotopic (exact) mass is 356 g/mol. The molecule has 5 heteroatoms. The summed E-state index contributed by atoms with van der Waals surface area (Å²) in [7, 11) is 0. The minimum absolute atomic E-state index is 0. The van der Waals surface area contributed by atoms with E-state index >= 15 is 0 Å². The number of amides is 1. The molecule has 0 radical (unpaired) electrons. The Hall–Kier alpha value is -0.710. The summed E-state index contributed by atoms with van der Waals surface area (Å²) in [6, 6.07) is 8.09. The number of nitrogens with one attached hydrogen (secondary N) is 2. The van der Waals surface area contributed by atoms with Gasteiger partial charge in [-0.25, -0.2) is 0 Å². The van der Waals surface area contributed by atoms with Crippen molar-refractivity contribution in [1.82, 2.24) is 5.32 Å². The molecule has 130 valence electrons. The molecule has 2 rings (SSSR count). The lowest BCUT2D eigenvalue weighted by atomic mass is 9.84. The van der Waals surface area contributed by atoms with Gasteiger partial charge in [0.25, 0.3) is 0 Å². The van der Waals surface area contributed by atoms with Crippen molar-refractivity contribution in [3.63, 3.8) is 0 Å². The predicted octanol–water partition coefficient (Wildman–Crippen LogP) is 4.57. The van der Waals surface area contributed by atoms with Gasteiger partial charge in [0.15, 0.2) is 0 Å². The summed E-state index contributed by atoms with van der Waals surface area (Å²) in [6.07, 6.45) is 2.99. The normalized spacial score (nSPS) is 16.7. The molecule has 0 saturated carbocycles. The fraction of sp³-hybridized carbons (Fsp3) is 0.611. The Morgan fingerprint density at radius 3 is 2.57 bits per heavy atom. The van der Waals surface area contributed by atoms with E-state index < -0.39 is 0 Å². The molecule has 1 aromatic rings. The molecule has 0 bridgehead atoms. The van der Waals surface area contributed by atoms with Crippen molar-refractivity contribution in [3.8, 4) is 0 Å². The molecule has 1 amide bonds. The van der Waals surface area contributed by atoms with Gasteiger partial charge in [-0.15, -0.1) is 24.2 Å². The van der Waals surface area contributed by atoms with Crippen molar-refractivity contribution >= 4 is 35.8 Å². The van der Waals surface area contributed by atoms with Gasteiger partial charge in [0, 0.05) is 16.6 Å². The highest BCUT2D eigenvalue weighted by molar-refractivity contribution is 8.00. The molecule has 0 spiro atoms. The van der Waals surface area contributed by atoms with Crippen LogP contribution < -0.4 is 10.6 Å². The lowest BCUT2D eigenvalue weighted by Gasteiger charge is -2.28. The lowest BCUT2D eigenvalue weighted by Crippen LogP contribution is -2.32. The van der Waals surface area contributed by atoms with Gasteiger partial charge >= 0.3 is 0 Å². The third kappa shape index (κ3) is 6.74. The van der Waals surface area contributed by atoms with Crippen LogP contribution in [0.3, 0.4) is 0 Å². The van der Waals surface area contributed by atoms with Gasteiger partial charge in [-0.1, -0.05) is 32.9 Å². The highest BCUT2D eigenvalue weighted by Gasteiger charge is 2.22. The van der Waals surface area contributed by atoms with Gasteiger partial charge in [-0.3, -0.25) is 4.79 Å². The second-order valence-electron chi connectivity index (χ2n) is 6.48. The second kappa shape index (κ2) is 10.2. The highest BCUT2D eigenvalue weighted by atomic mass is 35.5. The fourth-order valence-corrected chi connectivity index (χ4v) is 3.91. The first-order valence-electron chi connectivity index (χ1n) is 8.32. The summed E-state index contributed by atoms with van der Waals surface area (Å²) < 4.78 is 0. The summed E-state index contributed by atoms with van der Waals surface area (Å²) in [6.45, 7) is 8.73. The van der Waals surface area contributed by atoms with Crippen molar-refractivity contribution in [3.05, 3.63) is 24.3 Å². The standard InChI is InChI=1S/C18H28N2OS.ClH/c1-13(2)22-17-7-5-4-6-16(17)20-18(21)12-14(3)15-8-10-19-11-9-15;/h4-7,13-15,19H,8-12H2,1-3H3,(H,20,21);1H. The topological polar surface area (TPSA) is 41.1 Å². The van der Waals surface area contributed by atoms with E-state index in [4.69, 9.17) is 0 Å². The zero-order valence-electron chi connectivity index (χ0n) is 14.3. The quantitative estimate of drug-likeness (QED) is 0.733. The summed E-state index contributed by atoms with van der Waals surface area (Å²) >= 11 is 1.79. The van der Waals surface area contributed by atoms with Crippen molar-refractivity contribution in [2.75, 3.05) is 18.4 Å². The van der Waals surface area contributed by atoms with Crippen LogP contribution in [0.5, 0.6) is 0 Å². The van der Waals surface area contributed by atoms with Gasteiger partial charge in [0.05, 0.1) is 5.69 Å². The minimum atomic E-state index is 0. The first-order valence-corrected chi connectivity index (χ1v) is 9.20. The Bertz CT molecular complexity index is 490. The van der Waals surface area contributed by atoms with E-state index in [2.05, 4.69) is 37.5 Å². The first kappa shape index (κ1) is 20.3.